The van der Waals surface area contributed by atoms with E-state index in [1.807, 2.05) is 4.90 Å². The number of para-hydroxylation sites is 1. The van der Waals surface area contributed by atoms with E-state index >= 15 is 0 Å². The van der Waals surface area contributed by atoms with Gasteiger partial charge in [-0.25, -0.2) is 4.99 Å². The van der Waals surface area contributed by atoms with Gasteiger partial charge in [0.25, 0.3) is 0 Å². The highest BCUT2D eigenvalue weighted by molar-refractivity contribution is 14.0. The monoisotopic (exact) mass is 442 g/mol. The molecule has 0 aromatic heterocycles. The third-order valence-corrected chi connectivity index (χ3v) is 4.55. The molecule has 24 heavy (non-hydrogen) atoms. The zero-order valence-electron chi connectivity index (χ0n) is 14.3. The molecule has 132 valence electrons. The number of anilines is 1. The number of amides is 1. The lowest BCUT2D eigenvalue weighted by Crippen LogP contribution is -2.42. The van der Waals surface area contributed by atoms with Crippen LogP contribution in [0.15, 0.2) is 29.3 Å². The Balaban J connectivity index is 0.00000208. The van der Waals surface area contributed by atoms with Crippen molar-refractivity contribution in [3.05, 3.63) is 29.8 Å². The van der Waals surface area contributed by atoms with E-state index in [2.05, 4.69) is 46.4 Å². The minimum absolute atomic E-state index is 0. The summed E-state index contributed by atoms with van der Waals surface area (Å²) in [7, 11) is 0. The fraction of sp³-hybridized carbons (Fsp3) is 0.556. The van der Waals surface area contributed by atoms with E-state index < -0.39 is 0 Å². The summed E-state index contributed by atoms with van der Waals surface area (Å²) in [4.78, 5) is 21.1. The predicted molar refractivity (Wildman–Crippen MR) is 109 cm³/mol. The van der Waals surface area contributed by atoms with Crippen molar-refractivity contribution < 1.29 is 4.79 Å². The van der Waals surface area contributed by atoms with Gasteiger partial charge in [-0.15, -0.1) is 24.0 Å². The van der Waals surface area contributed by atoms with Crippen molar-refractivity contribution in [3.8, 4) is 0 Å². The molecule has 3 rings (SSSR count). The molecule has 1 fully saturated rings. The first-order chi connectivity index (χ1) is 11.3. The van der Waals surface area contributed by atoms with Gasteiger partial charge < -0.3 is 15.1 Å². The van der Waals surface area contributed by atoms with Crippen molar-refractivity contribution in [1.82, 2.24) is 10.2 Å². The van der Waals surface area contributed by atoms with Gasteiger partial charge in [0.2, 0.25) is 5.91 Å². The number of likely N-dealkylation sites (tertiary alicyclic amines) is 1. The van der Waals surface area contributed by atoms with Crippen molar-refractivity contribution >= 4 is 41.5 Å². The average molecular weight is 442 g/mol. The molecule has 1 saturated heterocycles. The van der Waals surface area contributed by atoms with Crippen LogP contribution in [0.5, 0.6) is 0 Å². The number of guanidine groups is 1. The number of fused-ring (bicyclic) bond motifs is 1. The number of nitrogens with one attached hydrogen (secondary N) is 1. The summed E-state index contributed by atoms with van der Waals surface area (Å²) in [6.07, 6.45) is 4.50. The summed E-state index contributed by atoms with van der Waals surface area (Å²) in [6, 6.07) is 8.42. The van der Waals surface area contributed by atoms with Gasteiger partial charge in [0.1, 0.15) is 6.54 Å². The fourth-order valence-electron chi connectivity index (χ4n) is 3.34. The summed E-state index contributed by atoms with van der Waals surface area (Å²) >= 11 is 0. The van der Waals surface area contributed by atoms with E-state index in [0.29, 0.717) is 0 Å². The Morgan fingerprint density at radius 3 is 2.67 bits per heavy atom. The first-order valence-electron chi connectivity index (χ1n) is 8.71. The molecule has 0 radical (unpaired) electrons. The van der Waals surface area contributed by atoms with E-state index in [1.165, 1.54) is 17.7 Å². The van der Waals surface area contributed by atoms with Gasteiger partial charge in [0.15, 0.2) is 5.96 Å². The Kier molecular flexibility index (Phi) is 7.33. The SMILES string of the molecule is CCNC(=NCC(=O)N1CCCCC1)N1CCc2ccccc21.I. The van der Waals surface area contributed by atoms with Gasteiger partial charge in [-0.1, -0.05) is 18.2 Å². The first kappa shape index (κ1) is 19.0. The zero-order valence-corrected chi connectivity index (χ0v) is 16.7. The maximum Gasteiger partial charge on any atom is 0.244 e. The Bertz CT molecular complexity index is 584. The maximum atomic E-state index is 12.3. The Morgan fingerprint density at radius 1 is 1.17 bits per heavy atom. The molecule has 1 amide bonds. The lowest BCUT2D eigenvalue weighted by atomic mass is 10.1. The number of halogens is 1. The summed E-state index contributed by atoms with van der Waals surface area (Å²) in [5.74, 6) is 0.968. The van der Waals surface area contributed by atoms with E-state index in [0.717, 1.165) is 51.4 Å². The third kappa shape index (κ3) is 4.40. The number of nitrogens with zero attached hydrogens (tertiary/aromatic N) is 3. The van der Waals surface area contributed by atoms with E-state index in [9.17, 15) is 4.79 Å². The second-order valence-corrected chi connectivity index (χ2v) is 6.14. The molecule has 0 aliphatic carbocycles. The van der Waals surface area contributed by atoms with Crippen LogP contribution < -0.4 is 10.2 Å². The van der Waals surface area contributed by atoms with Gasteiger partial charge in [-0.2, -0.15) is 0 Å². The minimum atomic E-state index is 0. The normalized spacial score (nSPS) is 17.3. The molecule has 0 bridgehead atoms. The Hall–Kier alpha value is -1.31. The molecule has 0 atom stereocenters. The zero-order chi connectivity index (χ0) is 16.1. The van der Waals surface area contributed by atoms with Crippen molar-refractivity contribution in [2.75, 3.05) is 37.6 Å². The van der Waals surface area contributed by atoms with Crippen LogP contribution in [0.4, 0.5) is 5.69 Å². The van der Waals surface area contributed by atoms with Crippen molar-refractivity contribution in [2.45, 2.75) is 32.6 Å². The van der Waals surface area contributed by atoms with E-state index in [-0.39, 0.29) is 36.4 Å². The number of benzene rings is 1. The number of carbonyl (C=O) groups excluding carboxylic acids is 1. The maximum absolute atomic E-state index is 12.3. The Labute approximate surface area is 161 Å². The third-order valence-electron chi connectivity index (χ3n) is 4.55. The molecular formula is C18H27IN4O. The first-order valence-corrected chi connectivity index (χ1v) is 8.71. The smallest absolute Gasteiger partial charge is 0.244 e. The van der Waals surface area contributed by atoms with E-state index in [1.54, 1.807) is 0 Å². The molecule has 2 heterocycles. The molecule has 2 aliphatic rings. The summed E-state index contributed by atoms with van der Waals surface area (Å²) in [5.41, 5.74) is 2.55. The molecule has 5 nitrogen and oxygen atoms in total. The van der Waals surface area contributed by atoms with Crippen molar-refractivity contribution in [1.29, 1.82) is 0 Å². The molecule has 1 N–H and O–H groups in total. The highest BCUT2D eigenvalue weighted by Gasteiger charge is 2.23. The highest BCUT2D eigenvalue weighted by atomic mass is 127. The van der Waals surface area contributed by atoms with Gasteiger partial charge in [-0.05, 0) is 44.2 Å². The van der Waals surface area contributed by atoms with Crippen LogP contribution in [0.2, 0.25) is 0 Å². The van der Waals surface area contributed by atoms with Crippen molar-refractivity contribution in [3.63, 3.8) is 0 Å². The van der Waals surface area contributed by atoms with Crippen LogP contribution in [0.3, 0.4) is 0 Å². The second-order valence-electron chi connectivity index (χ2n) is 6.14. The van der Waals surface area contributed by atoms with Crippen LogP contribution in [0, 0.1) is 0 Å². The van der Waals surface area contributed by atoms with Gasteiger partial charge in [-0.3, -0.25) is 4.79 Å². The van der Waals surface area contributed by atoms with Crippen LogP contribution in [-0.2, 0) is 11.2 Å². The largest absolute Gasteiger partial charge is 0.356 e. The van der Waals surface area contributed by atoms with Crippen LogP contribution in [-0.4, -0.2) is 49.5 Å². The quantitative estimate of drug-likeness (QED) is 0.445. The molecule has 0 spiro atoms. The van der Waals surface area contributed by atoms with Gasteiger partial charge >= 0.3 is 0 Å². The molecular weight excluding hydrogens is 415 g/mol. The second kappa shape index (κ2) is 9.25. The lowest BCUT2D eigenvalue weighted by molar-refractivity contribution is -0.130. The topological polar surface area (TPSA) is 47.9 Å². The number of aliphatic imine (C=N–C) groups is 1. The molecule has 0 unspecified atom stereocenters. The molecule has 1 aromatic carbocycles. The van der Waals surface area contributed by atoms with Crippen LogP contribution >= 0.6 is 24.0 Å². The number of carbonyl (C=O) groups is 1. The Morgan fingerprint density at radius 2 is 1.92 bits per heavy atom. The predicted octanol–water partition coefficient (Wildman–Crippen LogP) is 2.65. The number of piperidine rings is 1. The minimum Gasteiger partial charge on any atom is -0.356 e. The lowest BCUT2D eigenvalue weighted by Gasteiger charge is -2.27. The van der Waals surface area contributed by atoms with E-state index in [4.69, 9.17) is 0 Å². The summed E-state index contributed by atoms with van der Waals surface area (Å²) < 4.78 is 0. The van der Waals surface area contributed by atoms with Crippen molar-refractivity contribution in [2.24, 2.45) is 4.99 Å². The molecule has 2 aliphatic heterocycles. The van der Waals surface area contributed by atoms with Crippen LogP contribution in [0.1, 0.15) is 31.7 Å². The number of rotatable bonds is 3. The molecule has 0 saturated carbocycles. The highest BCUT2D eigenvalue weighted by Crippen LogP contribution is 2.27. The molecule has 1 aromatic rings. The number of hydrogen-bond acceptors (Lipinski definition) is 2. The van der Waals surface area contributed by atoms with Gasteiger partial charge in [0.05, 0.1) is 0 Å². The average Bonchev–Trinajstić information content (AvgIpc) is 3.03. The summed E-state index contributed by atoms with van der Waals surface area (Å²) in [6.45, 7) is 5.79. The summed E-state index contributed by atoms with van der Waals surface area (Å²) in [5, 5.41) is 3.33. The molecule has 6 heteroatoms. The van der Waals surface area contributed by atoms with Crippen LogP contribution in [0.25, 0.3) is 0 Å². The van der Waals surface area contributed by atoms with Gasteiger partial charge in [0, 0.05) is 31.9 Å². The standard InChI is InChI=1S/C18H26N4O.HI/c1-2-19-18(20-14-17(23)21-11-6-3-7-12-21)22-13-10-15-8-4-5-9-16(15)22;/h4-5,8-9H,2-3,6-7,10-14H2,1H3,(H,19,20);1H. The number of hydrogen-bond donors (Lipinski definition) is 1. The fourth-order valence-corrected chi connectivity index (χ4v) is 3.34.